The molecule has 0 radical (unpaired) electrons. The van der Waals surface area contributed by atoms with Crippen LogP contribution in [0.4, 0.5) is 10.1 Å². The fraction of sp³-hybridized carbons (Fsp3) is 0.524. The molecule has 2 aliphatic rings. The van der Waals surface area contributed by atoms with Crippen LogP contribution in [0.3, 0.4) is 0 Å². The van der Waals surface area contributed by atoms with Crippen LogP contribution < -0.4 is 10.6 Å². The first kappa shape index (κ1) is 20.7. The zero-order chi connectivity index (χ0) is 20.3. The Hall–Kier alpha value is -1.99. The Morgan fingerprint density at radius 1 is 1.46 bits per heavy atom. The van der Waals surface area contributed by atoms with E-state index in [2.05, 4.69) is 31.1 Å². The van der Waals surface area contributed by atoms with Crippen molar-refractivity contribution in [1.29, 1.82) is 0 Å². The molecule has 2 atom stereocenters. The molecule has 0 aromatic heterocycles. The molecule has 28 heavy (non-hydrogen) atoms. The van der Waals surface area contributed by atoms with E-state index in [1.54, 1.807) is 24.3 Å². The van der Waals surface area contributed by atoms with E-state index < -0.39 is 0 Å². The van der Waals surface area contributed by atoms with Crippen molar-refractivity contribution in [1.82, 2.24) is 15.1 Å². The van der Waals surface area contributed by atoms with E-state index in [1.165, 1.54) is 6.07 Å². The van der Waals surface area contributed by atoms with Crippen LogP contribution in [0.5, 0.6) is 0 Å². The van der Waals surface area contributed by atoms with Gasteiger partial charge in [-0.25, -0.2) is 4.39 Å². The Bertz CT molecular complexity index is 748. The fourth-order valence-corrected chi connectivity index (χ4v) is 4.37. The first-order valence-corrected chi connectivity index (χ1v) is 10.3. The third-order valence-electron chi connectivity index (χ3n) is 5.99. The van der Waals surface area contributed by atoms with Crippen LogP contribution in [0.1, 0.15) is 33.1 Å². The zero-order valence-electron chi connectivity index (χ0n) is 16.6. The summed E-state index contributed by atoms with van der Waals surface area (Å²) < 4.78 is 13.9. The fourth-order valence-electron chi connectivity index (χ4n) is 4.07. The van der Waals surface area contributed by atoms with Gasteiger partial charge in [0.2, 0.25) is 5.91 Å². The summed E-state index contributed by atoms with van der Waals surface area (Å²) in [6.07, 6.45) is 4.26. The van der Waals surface area contributed by atoms with Crippen LogP contribution >= 0.6 is 12.2 Å². The molecular formula is C21H29FN4OS. The molecule has 1 aromatic carbocycles. The number of anilines is 1. The second-order valence-electron chi connectivity index (χ2n) is 7.67. The maximum Gasteiger partial charge on any atom is 0.241 e. The molecule has 2 saturated heterocycles. The second-order valence-corrected chi connectivity index (χ2v) is 8.06. The number of hydrogen-bond acceptors (Lipinski definition) is 3. The monoisotopic (exact) mass is 404 g/mol. The topological polar surface area (TPSA) is 47.6 Å². The summed E-state index contributed by atoms with van der Waals surface area (Å²) in [7, 11) is 0. The highest BCUT2D eigenvalue weighted by Gasteiger charge is 2.52. The normalized spacial score (nSPS) is 22.4. The molecule has 1 aromatic rings. The predicted octanol–water partition coefficient (Wildman–Crippen LogP) is 3.35. The number of nitrogens with zero attached hydrogens (tertiary/aromatic N) is 2. The summed E-state index contributed by atoms with van der Waals surface area (Å²) in [4.78, 5) is 17.0. The predicted molar refractivity (Wildman–Crippen MR) is 114 cm³/mol. The first-order valence-electron chi connectivity index (χ1n) is 9.92. The number of thiocarbonyl (C=S) groups is 1. The molecule has 0 saturated carbocycles. The molecule has 2 unspecified atom stereocenters. The van der Waals surface area contributed by atoms with Crippen molar-refractivity contribution in [3.05, 3.63) is 42.7 Å². The number of carbonyl (C=O) groups is 1. The van der Waals surface area contributed by atoms with Crippen LogP contribution in [0, 0.1) is 11.7 Å². The highest BCUT2D eigenvalue weighted by Crippen LogP contribution is 2.35. The number of piperidine rings is 1. The molecule has 1 spiro atoms. The molecule has 5 nitrogen and oxygen atoms in total. The molecule has 2 N–H and O–H groups in total. The largest absolute Gasteiger partial charge is 0.349 e. The number of nitrogens with one attached hydrogen (secondary N) is 2. The van der Waals surface area contributed by atoms with E-state index in [0.29, 0.717) is 30.4 Å². The van der Waals surface area contributed by atoms with Crippen LogP contribution in [0.25, 0.3) is 0 Å². The minimum Gasteiger partial charge on any atom is -0.349 e. The Balaban J connectivity index is 1.68. The smallest absolute Gasteiger partial charge is 0.241 e. The molecule has 2 heterocycles. The lowest BCUT2D eigenvalue weighted by Crippen LogP contribution is -2.60. The van der Waals surface area contributed by atoms with Gasteiger partial charge in [0.15, 0.2) is 5.11 Å². The zero-order valence-corrected chi connectivity index (χ0v) is 17.4. The van der Waals surface area contributed by atoms with Crippen molar-refractivity contribution in [2.24, 2.45) is 5.92 Å². The van der Waals surface area contributed by atoms with Gasteiger partial charge in [-0.05, 0) is 30.3 Å². The summed E-state index contributed by atoms with van der Waals surface area (Å²) in [5, 5.41) is 7.16. The van der Waals surface area contributed by atoms with Gasteiger partial charge in [-0.15, -0.1) is 6.58 Å². The summed E-state index contributed by atoms with van der Waals surface area (Å²) in [5.74, 6) is 0.116. The van der Waals surface area contributed by atoms with Crippen LogP contribution in [0.15, 0.2) is 36.9 Å². The van der Waals surface area contributed by atoms with Crippen LogP contribution in [-0.2, 0) is 4.79 Å². The Morgan fingerprint density at radius 2 is 2.14 bits per heavy atom. The van der Waals surface area contributed by atoms with E-state index in [0.717, 1.165) is 19.3 Å². The molecule has 2 aliphatic heterocycles. The third kappa shape index (κ3) is 3.91. The van der Waals surface area contributed by atoms with Crippen molar-refractivity contribution in [3.63, 3.8) is 0 Å². The summed E-state index contributed by atoms with van der Waals surface area (Å²) >= 11 is 5.50. The number of benzene rings is 1. The van der Waals surface area contributed by atoms with Crippen LogP contribution in [0.2, 0.25) is 0 Å². The number of amides is 1. The number of para-hydroxylation sites is 1. The maximum atomic E-state index is 13.9. The summed E-state index contributed by atoms with van der Waals surface area (Å²) in [6.45, 7) is 9.98. The number of carbonyl (C=O) groups excluding carboxylic acids is 1. The maximum absolute atomic E-state index is 13.9. The Kier molecular flexibility index (Phi) is 6.35. The number of likely N-dealkylation sites (tertiary alicyclic amines) is 1. The Labute approximate surface area is 172 Å². The highest BCUT2D eigenvalue weighted by atomic mass is 32.1. The van der Waals surface area contributed by atoms with Gasteiger partial charge in [0.05, 0.1) is 17.4 Å². The van der Waals surface area contributed by atoms with Gasteiger partial charge in [0.25, 0.3) is 0 Å². The number of hydrogen-bond donors (Lipinski definition) is 2. The quantitative estimate of drug-likeness (QED) is 0.582. The molecule has 0 bridgehead atoms. The molecule has 7 heteroatoms. The molecule has 1 amide bonds. The molecular weight excluding hydrogens is 375 g/mol. The van der Waals surface area contributed by atoms with Gasteiger partial charge in [-0.2, -0.15) is 0 Å². The molecule has 152 valence electrons. The van der Waals surface area contributed by atoms with Gasteiger partial charge in [0.1, 0.15) is 5.82 Å². The van der Waals surface area contributed by atoms with Crippen molar-refractivity contribution in [3.8, 4) is 0 Å². The standard InChI is InChI=1S/C21H29FN4OS/c1-4-12-26-19(27)18(15(3)5-2)24-21(26)10-13-25(14-11-21)20(28)23-17-9-7-6-8-16(17)22/h4,6-9,15,18,24H,1,5,10-14H2,2-3H3,(H,23,28). The molecule has 3 rings (SSSR count). The van der Waals surface area contributed by atoms with Gasteiger partial charge in [-0.1, -0.05) is 38.5 Å². The molecule has 0 aliphatic carbocycles. The van der Waals surface area contributed by atoms with Crippen LogP contribution in [-0.4, -0.2) is 52.2 Å². The van der Waals surface area contributed by atoms with Crippen molar-refractivity contribution >= 4 is 28.9 Å². The SMILES string of the molecule is C=CCN1C(=O)C(C(C)CC)NC12CCN(C(=S)Nc1ccccc1F)CC2. The van der Waals surface area contributed by atoms with Crippen molar-refractivity contribution in [2.75, 3.05) is 25.0 Å². The minimum atomic E-state index is -0.358. The average Bonchev–Trinajstić information content (AvgIpc) is 2.96. The third-order valence-corrected chi connectivity index (χ3v) is 6.35. The van der Waals surface area contributed by atoms with Crippen molar-refractivity contribution < 1.29 is 9.18 Å². The van der Waals surface area contributed by atoms with E-state index in [-0.39, 0.29) is 29.3 Å². The van der Waals surface area contributed by atoms with E-state index in [9.17, 15) is 9.18 Å². The minimum absolute atomic E-state index is 0.153. The summed E-state index contributed by atoms with van der Waals surface area (Å²) in [5.41, 5.74) is 0.0239. The lowest BCUT2D eigenvalue weighted by Gasteiger charge is -2.45. The summed E-state index contributed by atoms with van der Waals surface area (Å²) in [6, 6.07) is 6.35. The lowest BCUT2D eigenvalue weighted by atomic mass is 9.95. The first-order chi connectivity index (χ1) is 13.4. The molecule has 2 fully saturated rings. The average molecular weight is 405 g/mol. The number of halogens is 1. The lowest BCUT2D eigenvalue weighted by molar-refractivity contribution is -0.133. The van der Waals surface area contributed by atoms with E-state index in [1.807, 2.05) is 9.80 Å². The van der Waals surface area contributed by atoms with Gasteiger partial charge in [-0.3, -0.25) is 10.1 Å². The number of rotatable bonds is 5. The van der Waals surface area contributed by atoms with Gasteiger partial charge >= 0.3 is 0 Å². The highest BCUT2D eigenvalue weighted by molar-refractivity contribution is 7.80. The van der Waals surface area contributed by atoms with Crippen molar-refractivity contribution in [2.45, 2.75) is 44.8 Å². The van der Waals surface area contributed by atoms with E-state index >= 15 is 0 Å². The van der Waals surface area contributed by atoms with Gasteiger partial charge < -0.3 is 15.1 Å². The van der Waals surface area contributed by atoms with E-state index in [4.69, 9.17) is 12.2 Å². The van der Waals surface area contributed by atoms with Gasteiger partial charge in [0, 0.05) is 32.5 Å². The Morgan fingerprint density at radius 3 is 2.75 bits per heavy atom. The second kappa shape index (κ2) is 8.57.